The van der Waals surface area contributed by atoms with Crippen molar-refractivity contribution < 1.29 is 22.3 Å². The topological polar surface area (TPSA) is 47.3 Å². The summed E-state index contributed by atoms with van der Waals surface area (Å²) >= 11 is 1.79. The second-order valence-corrected chi connectivity index (χ2v) is 4.61. The summed E-state index contributed by atoms with van der Waals surface area (Å²) in [5.74, 6) is -0.441. The van der Waals surface area contributed by atoms with E-state index in [0.29, 0.717) is 14.9 Å². The monoisotopic (exact) mass is 378 g/mol. The van der Waals surface area contributed by atoms with Gasteiger partial charge >= 0.3 is 6.18 Å². The normalized spacial score (nSPS) is 11.6. The molecule has 0 amide bonds. The number of halogens is 5. The van der Waals surface area contributed by atoms with Crippen molar-refractivity contribution in [2.45, 2.75) is 6.18 Å². The number of hydrogen-bond acceptors (Lipinski definition) is 3. The van der Waals surface area contributed by atoms with E-state index >= 15 is 0 Å². The smallest absolute Gasteiger partial charge is 0.397 e. The third-order valence-electron chi connectivity index (χ3n) is 1.92. The van der Waals surface area contributed by atoms with Crippen LogP contribution in [0.15, 0.2) is 12.1 Å². The molecule has 0 heterocycles. The molecule has 0 unspecified atom stereocenters. The van der Waals surface area contributed by atoms with Crippen LogP contribution in [0.25, 0.3) is 0 Å². The van der Waals surface area contributed by atoms with Gasteiger partial charge in [-0.25, -0.2) is 4.39 Å². The minimum Gasteiger partial charge on any atom is -0.397 e. The molecule has 0 aromatic heterocycles. The number of hydrogen-bond donors (Lipinski definition) is 2. The van der Waals surface area contributed by atoms with Crippen LogP contribution in [0.4, 0.5) is 28.9 Å². The molecule has 0 radical (unpaired) electrons. The Kier molecular flexibility index (Phi) is 5.45. The van der Waals surface area contributed by atoms with Gasteiger partial charge < -0.3 is 15.8 Å². The average Bonchev–Trinajstić information content (AvgIpc) is 2.23. The maximum atomic E-state index is 13.2. The molecule has 1 aromatic rings. The van der Waals surface area contributed by atoms with Crippen LogP contribution in [0, 0.1) is 9.39 Å². The molecule has 3 nitrogen and oxygen atoms in total. The van der Waals surface area contributed by atoms with Gasteiger partial charge in [-0.3, -0.25) is 0 Å². The number of ether oxygens (including phenoxy) is 1. The standard InChI is InChI=1S/C10H11F4IN2O/c11-6-3-9(8(16)4-7(6)15)17-1-2-18-5-10(12,13)14/h3-4,17H,1-2,5,16H2. The molecule has 8 heteroatoms. The van der Waals surface area contributed by atoms with Gasteiger partial charge in [0, 0.05) is 12.6 Å². The quantitative estimate of drug-likeness (QED) is 0.359. The predicted octanol–water partition coefficient (Wildman–Crippen LogP) is 3.00. The fourth-order valence-corrected chi connectivity index (χ4v) is 1.65. The fourth-order valence-electron chi connectivity index (χ4n) is 1.16. The second-order valence-electron chi connectivity index (χ2n) is 3.45. The lowest BCUT2D eigenvalue weighted by molar-refractivity contribution is -0.172. The summed E-state index contributed by atoms with van der Waals surface area (Å²) in [7, 11) is 0. The summed E-state index contributed by atoms with van der Waals surface area (Å²) in [5, 5.41) is 2.71. The highest BCUT2D eigenvalue weighted by Gasteiger charge is 2.27. The molecule has 18 heavy (non-hydrogen) atoms. The number of nitrogens with one attached hydrogen (secondary N) is 1. The van der Waals surface area contributed by atoms with Crippen LogP contribution >= 0.6 is 22.6 Å². The summed E-state index contributed by atoms with van der Waals surface area (Å²) in [4.78, 5) is 0. The lowest BCUT2D eigenvalue weighted by Crippen LogP contribution is -2.20. The van der Waals surface area contributed by atoms with E-state index in [0.717, 1.165) is 0 Å². The Bertz CT molecular complexity index is 412. The van der Waals surface area contributed by atoms with Crippen LogP contribution in [-0.2, 0) is 4.74 Å². The molecule has 0 aliphatic heterocycles. The highest BCUT2D eigenvalue weighted by Crippen LogP contribution is 2.23. The first-order valence-corrected chi connectivity index (χ1v) is 6.00. The van der Waals surface area contributed by atoms with Crippen LogP contribution in [0.2, 0.25) is 0 Å². The van der Waals surface area contributed by atoms with Crippen molar-refractivity contribution in [2.75, 3.05) is 30.8 Å². The van der Waals surface area contributed by atoms with Gasteiger partial charge in [-0.1, -0.05) is 0 Å². The molecular weight excluding hydrogens is 367 g/mol. The summed E-state index contributed by atoms with van der Waals surface area (Å²) < 4.78 is 53.2. The van der Waals surface area contributed by atoms with Crippen LogP contribution in [0.1, 0.15) is 0 Å². The average molecular weight is 378 g/mol. The van der Waals surface area contributed by atoms with Gasteiger partial charge in [0.15, 0.2) is 0 Å². The van der Waals surface area contributed by atoms with E-state index in [4.69, 9.17) is 5.73 Å². The van der Waals surface area contributed by atoms with Crippen molar-refractivity contribution in [3.63, 3.8) is 0 Å². The van der Waals surface area contributed by atoms with Crippen molar-refractivity contribution >= 4 is 34.0 Å². The zero-order valence-electron chi connectivity index (χ0n) is 9.15. The van der Waals surface area contributed by atoms with E-state index in [-0.39, 0.29) is 13.2 Å². The zero-order valence-corrected chi connectivity index (χ0v) is 11.3. The maximum absolute atomic E-state index is 13.2. The molecule has 0 spiro atoms. The van der Waals surface area contributed by atoms with Crippen LogP contribution in [0.3, 0.4) is 0 Å². The molecule has 0 saturated heterocycles. The first-order chi connectivity index (χ1) is 8.29. The number of rotatable bonds is 5. The largest absolute Gasteiger partial charge is 0.411 e. The van der Waals surface area contributed by atoms with E-state index in [1.807, 2.05) is 0 Å². The summed E-state index contributed by atoms with van der Waals surface area (Å²) in [6.45, 7) is -1.34. The van der Waals surface area contributed by atoms with Gasteiger partial charge in [-0.05, 0) is 28.7 Å². The number of benzene rings is 1. The minimum absolute atomic E-state index is 0.111. The number of nitrogens with two attached hydrogens (primary N) is 1. The van der Waals surface area contributed by atoms with Crippen molar-refractivity contribution in [1.82, 2.24) is 0 Å². The van der Waals surface area contributed by atoms with E-state index in [9.17, 15) is 17.6 Å². The minimum atomic E-state index is -4.34. The van der Waals surface area contributed by atoms with Crippen molar-refractivity contribution in [3.8, 4) is 0 Å². The molecule has 0 aliphatic carbocycles. The van der Waals surface area contributed by atoms with Gasteiger partial charge in [0.1, 0.15) is 12.4 Å². The molecule has 0 bridgehead atoms. The third-order valence-corrected chi connectivity index (χ3v) is 2.75. The van der Waals surface area contributed by atoms with E-state index in [1.54, 1.807) is 22.6 Å². The van der Waals surface area contributed by atoms with Gasteiger partial charge in [-0.15, -0.1) is 0 Å². The first-order valence-electron chi connectivity index (χ1n) is 4.92. The van der Waals surface area contributed by atoms with Crippen molar-refractivity contribution in [3.05, 3.63) is 21.5 Å². The van der Waals surface area contributed by atoms with Crippen molar-refractivity contribution in [2.24, 2.45) is 0 Å². The van der Waals surface area contributed by atoms with Gasteiger partial charge in [0.2, 0.25) is 0 Å². The van der Waals surface area contributed by atoms with Crippen LogP contribution in [0.5, 0.6) is 0 Å². The molecule has 0 aliphatic rings. The Hall–Kier alpha value is -0.770. The molecule has 3 N–H and O–H groups in total. The Morgan fingerprint density at radius 3 is 2.61 bits per heavy atom. The van der Waals surface area contributed by atoms with Crippen molar-refractivity contribution in [1.29, 1.82) is 0 Å². The van der Waals surface area contributed by atoms with Gasteiger partial charge in [0.05, 0.1) is 21.6 Å². The summed E-state index contributed by atoms with van der Waals surface area (Å²) in [6.07, 6.45) is -4.34. The third kappa shape index (κ3) is 5.25. The molecule has 0 saturated carbocycles. The zero-order chi connectivity index (χ0) is 13.8. The molecular formula is C10H11F4IN2O. The van der Waals surface area contributed by atoms with Crippen LogP contribution in [-0.4, -0.2) is 25.9 Å². The Morgan fingerprint density at radius 2 is 2.00 bits per heavy atom. The van der Waals surface area contributed by atoms with E-state index in [2.05, 4.69) is 10.1 Å². The Morgan fingerprint density at radius 1 is 1.33 bits per heavy atom. The highest BCUT2D eigenvalue weighted by atomic mass is 127. The number of anilines is 2. The van der Waals surface area contributed by atoms with Crippen LogP contribution < -0.4 is 11.1 Å². The molecule has 1 rings (SSSR count). The van der Waals surface area contributed by atoms with E-state index < -0.39 is 18.6 Å². The lowest BCUT2D eigenvalue weighted by Gasteiger charge is -2.11. The maximum Gasteiger partial charge on any atom is 0.411 e. The highest BCUT2D eigenvalue weighted by molar-refractivity contribution is 14.1. The Balaban J connectivity index is 2.38. The Labute approximate surface area is 115 Å². The van der Waals surface area contributed by atoms with Gasteiger partial charge in [-0.2, -0.15) is 13.2 Å². The molecule has 102 valence electrons. The molecule has 0 atom stereocenters. The SMILES string of the molecule is Nc1cc(I)c(F)cc1NCCOCC(F)(F)F. The number of nitrogen functional groups attached to an aromatic ring is 1. The molecule has 0 fully saturated rings. The predicted molar refractivity (Wildman–Crippen MR) is 68.9 cm³/mol. The lowest BCUT2D eigenvalue weighted by atomic mass is 10.2. The van der Waals surface area contributed by atoms with Gasteiger partial charge in [0.25, 0.3) is 0 Å². The fraction of sp³-hybridized carbons (Fsp3) is 0.400. The summed E-state index contributed by atoms with van der Waals surface area (Å²) in [6, 6.07) is 2.63. The number of alkyl halides is 3. The molecule has 1 aromatic carbocycles. The second kappa shape index (κ2) is 6.41. The first kappa shape index (κ1) is 15.3. The summed E-state index contributed by atoms with van der Waals surface area (Å²) in [5.41, 5.74) is 6.29. The van der Waals surface area contributed by atoms with E-state index in [1.165, 1.54) is 12.1 Å².